The van der Waals surface area contributed by atoms with Gasteiger partial charge in [-0.25, -0.2) is 0 Å². The minimum atomic E-state index is -0.852. The smallest absolute Gasteiger partial charge is 0.154 e. The Hall–Kier alpha value is -1.44. The van der Waals surface area contributed by atoms with E-state index in [0.717, 1.165) is 31.6 Å². The van der Waals surface area contributed by atoms with Crippen molar-refractivity contribution >= 4 is 25.1 Å². The van der Waals surface area contributed by atoms with Crippen molar-refractivity contribution in [2.24, 2.45) is 17.8 Å². The molecule has 1 saturated heterocycles. The Bertz CT molecular complexity index is 454. The van der Waals surface area contributed by atoms with Crippen molar-refractivity contribution < 1.29 is 34.1 Å². The van der Waals surface area contributed by atoms with Gasteiger partial charge in [0.05, 0.1) is 12.2 Å². The summed E-state index contributed by atoms with van der Waals surface area (Å²) < 4.78 is 5.43. The van der Waals surface area contributed by atoms with E-state index in [1.54, 1.807) is 0 Å². The highest BCUT2D eigenvalue weighted by Crippen LogP contribution is 2.28. The van der Waals surface area contributed by atoms with Crippen molar-refractivity contribution in [2.45, 2.75) is 82.7 Å². The van der Waals surface area contributed by atoms with Crippen molar-refractivity contribution in [1.82, 2.24) is 0 Å². The fourth-order valence-electron chi connectivity index (χ4n) is 3.62. The van der Waals surface area contributed by atoms with Crippen LogP contribution in [-0.4, -0.2) is 53.9 Å². The molecule has 7 heteroatoms. The zero-order valence-corrected chi connectivity index (χ0v) is 15.8. The number of aliphatic hydroxyl groups is 2. The Labute approximate surface area is 160 Å². The maximum Gasteiger partial charge on any atom is 0.154 e. The first kappa shape index (κ1) is 23.6. The molecule has 0 aliphatic carbocycles. The predicted molar refractivity (Wildman–Crippen MR) is 97.8 cm³/mol. The lowest BCUT2D eigenvalue weighted by Crippen LogP contribution is -2.35. The average Bonchev–Trinajstić information content (AvgIpc) is 2.67. The molecule has 27 heavy (non-hydrogen) atoms. The van der Waals surface area contributed by atoms with Crippen molar-refractivity contribution in [3.05, 3.63) is 0 Å². The molecule has 2 N–H and O–H groups in total. The molecule has 0 amide bonds. The monoisotopic (exact) mass is 384 g/mol. The van der Waals surface area contributed by atoms with E-state index in [1.165, 1.54) is 0 Å². The van der Waals surface area contributed by atoms with Gasteiger partial charge in [0.2, 0.25) is 0 Å². The molecule has 154 valence electrons. The molecule has 0 spiro atoms. The molecule has 1 aliphatic heterocycles. The zero-order chi connectivity index (χ0) is 20.1. The van der Waals surface area contributed by atoms with Crippen LogP contribution in [0.2, 0.25) is 0 Å². The summed E-state index contributed by atoms with van der Waals surface area (Å²) in [5.74, 6) is -1.28. The van der Waals surface area contributed by atoms with Gasteiger partial charge in [-0.3, -0.25) is 0 Å². The normalized spacial score (nSPS) is 24.4. The highest BCUT2D eigenvalue weighted by Gasteiger charge is 2.30. The second kappa shape index (κ2) is 13.7. The summed E-state index contributed by atoms with van der Waals surface area (Å²) in [6.45, 7) is 0. The minimum Gasteiger partial charge on any atom is -0.392 e. The lowest BCUT2D eigenvalue weighted by Gasteiger charge is -2.31. The Balaban J connectivity index is 2.42. The quantitative estimate of drug-likeness (QED) is 0.325. The van der Waals surface area contributed by atoms with Gasteiger partial charge in [-0.15, -0.1) is 0 Å². The van der Waals surface area contributed by atoms with E-state index in [0.29, 0.717) is 57.8 Å². The molecule has 1 heterocycles. The van der Waals surface area contributed by atoms with Crippen molar-refractivity contribution in [3.8, 4) is 0 Å². The second-order valence-electron chi connectivity index (χ2n) is 7.39. The van der Waals surface area contributed by atoms with Crippen LogP contribution in [0.4, 0.5) is 0 Å². The maximum absolute atomic E-state index is 11.4. The largest absolute Gasteiger partial charge is 0.392 e. The fourth-order valence-corrected chi connectivity index (χ4v) is 3.62. The van der Waals surface area contributed by atoms with Crippen molar-refractivity contribution in [1.29, 1.82) is 0 Å². The van der Waals surface area contributed by atoms with Crippen LogP contribution >= 0.6 is 0 Å². The van der Waals surface area contributed by atoms with Crippen LogP contribution in [0.3, 0.4) is 0 Å². The van der Waals surface area contributed by atoms with Crippen LogP contribution in [0, 0.1) is 17.8 Å². The number of ether oxygens (including phenoxy) is 1. The predicted octanol–water partition coefficient (Wildman–Crippen LogP) is 1.61. The standard InChI is InChI=1S/C20H32O7/c21-10-2-1-7-18(25)16(13-23)6-3-5-15(12-22)11-17(14-24)19-8-4-9-20(26)27-19/h10,12-20,25-26H,1-9,11H2. The van der Waals surface area contributed by atoms with E-state index in [9.17, 15) is 29.4 Å². The topological polar surface area (TPSA) is 118 Å². The van der Waals surface area contributed by atoms with E-state index in [-0.39, 0.29) is 12.0 Å². The lowest BCUT2D eigenvalue weighted by atomic mass is 9.85. The number of aldehydes is 4. The molecule has 6 atom stereocenters. The van der Waals surface area contributed by atoms with E-state index in [4.69, 9.17) is 4.74 Å². The van der Waals surface area contributed by atoms with E-state index in [1.807, 2.05) is 0 Å². The Kier molecular flexibility index (Phi) is 12.0. The van der Waals surface area contributed by atoms with Gasteiger partial charge in [0.25, 0.3) is 0 Å². The van der Waals surface area contributed by atoms with Crippen LogP contribution in [0.25, 0.3) is 0 Å². The molecule has 0 saturated carbocycles. The average molecular weight is 384 g/mol. The second-order valence-corrected chi connectivity index (χ2v) is 7.39. The third kappa shape index (κ3) is 8.86. The van der Waals surface area contributed by atoms with E-state index >= 15 is 0 Å². The lowest BCUT2D eigenvalue weighted by molar-refractivity contribution is -0.178. The number of unbranched alkanes of at least 4 members (excludes halogenated alkanes) is 1. The van der Waals surface area contributed by atoms with Gasteiger partial charge < -0.3 is 34.1 Å². The molecular weight excluding hydrogens is 352 g/mol. The summed E-state index contributed by atoms with van der Waals surface area (Å²) >= 11 is 0. The van der Waals surface area contributed by atoms with Crippen LogP contribution in [-0.2, 0) is 23.9 Å². The minimum absolute atomic E-state index is 0.331. The van der Waals surface area contributed by atoms with Crippen LogP contribution < -0.4 is 0 Å². The molecule has 1 aliphatic rings. The first-order chi connectivity index (χ1) is 13.0. The van der Waals surface area contributed by atoms with Gasteiger partial charge in [0.15, 0.2) is 6.29 Å². The molecule has 0 radical (unpaired) electrons. The molecule has 0 bridgehead atoms. The summed E-state index contributed by atoms with van der Waals surface area (Å²) in [5.41, 5.74) is 0. The zero-order valence-electron chi connectivity index (χ0n) is 15.8. The van der Waals surface area contributed by atoms with Gasteiger partial charge in [-0.05, 0) is 51.4 Å². The number of hydrogen-bond acceptors (Lipinski definition) is 7. The van der Waals surface area contributed by atoms with Crippen molar-refractivity contribution in [3.63, 3.8) is 0 Å². The summed E-state index contributed by atoms with van der Waals surface area (Å²) in [5, 5.41) is 19.6. The van der Waals surface area contributed by atoms with Gasteiger partial charge in [-0.2, -0.15) is 0 Å². The summed E-state index contributed by atoms with van der Waals surface area (Å²) in [7, 11) is 0. The van der Waals surface area contributed by atoms with Gasteiger partial charge >= 0.3 is 0 Å². The molecule has 1 fully saturated rings. The molecule has 0 aromatic heterocycles. The maximum atomic E-state index is 11.4. The number of hydrogen-bond donors (Lipinski definition) is 2. The molecule has 7 nitrogen and oxygen atoms in total. The number of aliphatic hydroxyl groups excluding tert-OH is 2. The molecule has 6 unspecified atom stereocenters. The SMILES string of the molecule is O=CCCCC(O)C(C=O)CCCC(C=O)CC(C=O)C1CCCC(O)O1. The Morgan fingerprint density at radius 2 is 1.74 bits per heavy atom. The number of rotatable bonds is 15. The third-order valence-electron chi connectivity index (χ3n) is 5.29. The first-order valence-corrected chi connectivity index (χ1v) is 9.86. The first-order valence-electron chi connectivity index (χ1n) is 9.86. The number of carbonyl (C=O) groups is 4. The highest BCUT2D eigenvalue weighted by molar-refractivity contribution is 5.58. The van der Waals surface area contributed by atoms with E-state index in [2.05, 4.69) is 0 Å². The molecular formula is C20H32O7. The fraction of sp³-hybridized carbons (Fsp3) is 0.800. The van der Waals surface area contributed by atoms with Crippen LogP contribution in [0.5, 0.6) is 0 Å². The third-order valence-corrected chi connectivity index (χ3v) is 5.29. The van der Waals surface area contributed by atoms with Crippen molar-refractivity contribution in [2.75, 3.05) is 0 Å². The molecule has 0 aromatic rings. The number of carbonyl (C=O) groups excluding carboxylic acids is 4. The molecule has 0 aromatic carbocycles. The van der Waals surface area contributed by atoms with Gasteiger partial charge in [-0.1, -0.05) is 6.42 Å². The summed E-state index contributed by atoms with van der Waals surface area (Å²) in [6, 6.07) is 0. The van der Waals surface area contributed by atoms with Gasteiger partial charge in [0, 0.05) is 24.2 Å². The summed E-state index contributed by atoms with van der Waals surface area (Å²) in [4.78, 5) is 44.3. The highest BCUT2D eigenvalue weighted by atomic mass is 16.6. The molecule has 1 rings (SSSR count). The Morgan fingerprint density at radius 3 is 2.33 bits per heavy atom. The summed E-state index contributed by atoms with van der Waals surface area (Å²) in [6.07, 6.45) is 6.39. The van der Waals surface area contributed by atoms with Crippen LogP contribution in [0.15, 0.2) is 0 Å². The van der Waals surface area contributed by atoms with Gasteiger partial charge in [0.1, 0.15) is 25.1 Å². The van der Waals surface area contributed by atoms with E-state index < -0.39 is 24.2 Å². The van der Waals surface area contributed by atoms with Crippen LogP contribution in [0.1, 0.15) is 64.2 Å². The Morgan fingerprint density at radius 1 is 0.963 bits per heavy atom.